The zero-order valence-electron chi connectivity index (χ0n) is 17.5. The Labute approximate surface area is 185 Å². The number of methoxy groups -OCH3 is 3. The second kappa shape index (κ2) is 9.06. The van der Waals surface area contributed by atoms with Gasteiger partial charge in [-0.25, -0.2) is 0 Å². The number of ether oxygens (including phenoxy) is 3. The molecule has 0 amide bonds. The molecule has 1 heterocycles. The Morgan fingerprint density at radius 3 is 2.23 bits per heavy atom. The standard InChI is InChI=1S/C26H22O4S/c1-28-21-10-8-17(9-11-21)20(16-27)12-19-13-22(24(30-3)15-23(19)29-2)26-14-18-6-4-5-7-25(18)31-26/h4-16H,1-3H3. The lowest BCUT2D eigenvalue weighted by molar-refractivity contribution is -0.103. The molecule has 0 aliphatic carbocycles. The van der Waals surface area contributed by atoms with Gasteiger partial charge in [-0.15, -0.1) is 11.3 Å². The molecule has 0 aliphatic rings. The molecule has 3 aromatic carbocycles. The molecule has 0 atom stereocenters. The van der Waals surface area contributed by atoms with Crippen LogP contribution in [-0.2, 0) is 4.79 Å². The van der Waals surface area contributed by atoms with Gasteiger partial charge in [0.2, 0.25) is 0 Å². The van der Waals surface area contributed by atoms with E-state index in [0.717, 1.165) is 39.4 Å². The molecular formula is C26H22O4S. The second-order valence-electron chi connectivity index (χ2n) is 6.89. The third-order valence-corrected chi connectivity index (χ3v) is 6.25. The van der Waals surface area contributed by atoms with Crippen LogP contribution < -0.4 is 14.2 Å². The SMILES string of the molecule is COc1ccc(C(C=O)=Cc2cc(-c3cc4ccccc4s3)c(OC)cc2OC)cc1. The first kappa shape index (κ1) is 20.7. The molecule has 0 spiro atoms. The van der Waals surface area contributed by atoms with E-state index in [-0.39, 0.29) is 0 Å². The van der Waals surface area contributed by atoms with E-state index in [1.807, 2.05) is 54.6 Å². The maximum Gasteiger partial charge on any atom is 0.150 e. The zero-order chi connectivity index (χ0) is 21.8. The number of allylic oxidation sites excluding steroid dienone is 1. The molecule has 0 unspecified atom stereocenters. The summed E-state index contributed by atoms with van der Waals surface area (Å²) in [5.41, 5.74) is 3.11. The average molecular weight is 431 g/mol. The van der Waals surface area contributed by atoms with Crippen LogP contribution in [0.5, 0.6) is 17.2 Å². The first-order valence-corrected chi connectivity index (χ1v) is 10.5. The summed E-state index contributed by atoms with van der Waals surface area (Å²) >= 11 is 1.70. The Morgan fingerprint density at radius 1 is 0.839 bits per heavy atom. The monoisotopic (exact) mass is 430 g/mol. The highest BCUT2D eigenvalue weighted by Crippen LogP contribution is 2.42. The van der Waals surface area contributed by atoms with Crippen molar-refractivity contribution in [1.82, 2.24) is 0 Å². The molecule has 0 radical (unpaired) electrons. The fourth-order valence-electron chi connectivity index (χ4n) is 3.48. The van der Waals surface area contributed by atoms with Crippen LogP contribution in [0.2, 0.25) is 0 Å². The van der Waals surface area contributed by atoms with Gasteiger partial charge < -0.3 is 14.2 Å². The molecule has 5 heteroatoms. The number of carbonyl (C=O) groups is 1. The van der Waals surface area contributed by atoms with Crippen molar-refractivity contribution in [2.24, 2.45) is 0 Å². The van der Waals surface area contributed by atoms with E-state index >= 15 is 0 Å². The number of hydrogen-bond acceptors (Lipinski definition) is 5. The molecular weight excluding hydrogens is 408 g/mol. The highest BCUT2D eigenvalue weighted by Gasteiger charge is 2.15. The van der Waals surface area contributed by atoms with Gasteiger partial charge in [-0.3, -0.25) is 4.79 Å². The van der Waals surface area contributed by atoms with Crippen molar-refractivity contribution in [3.8, 4) is 27.7 Å². The topological polar surface area (TPSA) is 44.8 Å². The van der Waals surface area contributed by atoms with E-state index in [0.29, 0.717) is 11.3 Å². The molecule has 0 fully saturated rings. The van der Waals surface area contributed by atoms with E-state index in [1.165, 1.54) is 10.1 Å². The predicted octanol–water partition coefficient (Wildman–Crippen LogP) is 6.33. The third kappa shape index (κ3) is 4.18. The van der Waals surface area contributed by atoms with Crippen LogP contribution >= 0.6 is 11.3 Å². The number of hydrogen-bond donors (Lipinski definition) is 0. The van der Waals surface area contributed by atoms with Gasteiger partial charge in [0.15, 0.2) is 6.29 Å². The lowest BCUT2D eigenvalue weighted by Gasteiger charge is -2.13. The quantitative estimate of drug-likeness (QED) is 0.195. The summed E-state index contributed by atoms with van der Waals surface area (Å²) < 4.78 is 17.7. The van der Waals surface area contributed by atoms with Gasteiger partial charge in [-0.05, 0) is 47.4 Å². The van der Waals surface area contributed by atoms with Crippen molar-refractivity contribution in [3.63, 3.8) is 0 Å². The van der Waals surface area contributed by atoms with Crippen LogP contribution in [0.1, 0.15) is 11.1 Å². The summed E-state index contributed by atoms with van der Waals surface area (Å²) in [5, 5.41) is 1.18. The van der Waals surface area contributed by atoms with Crippen LogP contribution in [0.3, 0.4) is 0 Å². The average Bonchev–Trinajstić information content (AvgIpc) is 3.26. The molecule has 156 valence electrons. The van der Waals surface area contributed by atoms with Gasteiger partial charge in [0.25, 0.3) is 0 Å². The van der Waals surface area contributed by atoms with Crippen LogP contribution in [-0.4, -0.2) is 27.6 Å². The molecule has 0 bridgehead atoms. The zero-order valence-corrected chi connectivity index (χ0v) is 18.4. The van der Waals surface area contributed by atoms with Gasteiger partial charge in [-0.2, -0.15) is 0 Å². The summed E-state index contributed by atoms with van der Waals surface area (Å²) in [6.45, 7) is 0. The van der Waals surface area contributed by atoms with Crippen molar-refractivity contribution < 1.29 is 19.0 Å². The number of thiophene rings is 1. The number of carbonyl (C=O) groups excluding carboxylic acids is 1. The summed E-state index contributed by atoms with van der Waals surface area (Å²) in [7, 11) is 4.87. The second-order valence-corrected chi connectivity index (χ2v) is 7.97. The summed E-state index contributed by atoms with van der Waals surface area (Å²) in [5.74, 6) is 2.09. The first-order chi connectivity index (χ1) is 15.2. The van der Waals surface area contributed by atoms with Crippen molar-refractivity contribution in [3.05, 3.63) is 77.9 Å². The van der Waals surface area contributed by atoms with Crippen LogP contribution in [0.15, 0.2) is 66.7 Å². The number of aldehydes is 1. The van der Waals surface area contributed by atoms with Gasteiger partial charge in [-0.1, -0.05) is 30.3 Å². The largest absolute Gasteiger partial charge is 0.497 e. The molecule has 1 aromatic heterocycles. The number of fused-ring (bicyclic) bond motifs is 1. The van der Waals surface area contributed by atoms with E-state index in [4.69, 9.17) is 14.2 Å². The van der Waals surface area contributed by atoms with Crippen molar-refractivity contribution in [1.29, 1.82) is 0 Å². The van der Waals surface area contributed by atoms with E-state index in [9.17, 15) is 4.79 Å². The van der Waals surface area contributed by atoms with E-state index < -0.39 is 0 Å². The molecule has 4 nitrogen and oxygen atoms in total. The highest BCUT2D eigenvalue weighted by atomic mass is 32.1. The number of rotatable bonds is 7. The smallest absolute Gasteiger partial charge is 0.150 e. The Morgan fingerprint density at radius 2 is 1.58 bits per heavy atom. The van der Waals surface area contributed by atoms with Gasteiger partial charge in [0.1, 0.15) is 17.2 Å². The Kier molecular flexibility index (Phi) is 6.05. The molecule has 4 rings (SSSR count). The molecule has 31 heavy (non-hydrogen) atoms. The summed E-state index contributed by atoms with van der Waals surface area (Å²) in [4.78, 5) is 13.0. The van der Waals surface area contributed by atoms with Gasteiger partial charge >= 0.3 is 0 Å². The molecule has 4 aromatic rings. The summed E-state index contributed by atoms with van der Waals surface area (Å²) in [6.07, 6.45) is 2.69. The Bertz CT molecular complexity index is 1220. The predicted molar refractivity (Wildman–Crippen MR) is 127 cm³/mol. The highest BCUT2D eigenvalue weighted by molar-refractivity contribution is 7.22. The molecule has 0 saturated heterocycles. The van der Waals surface area contributed by atoms with Crippen LogP contribution in [0.4, 0.5) is 0 Å². The number of benzene rings is 3. The lowest BCUT2D eigenvalue weighted by Crippen LogP contribution is -1.94. The van der Waals surface area contributed by atoms with E-state index in [1.54, 1.807) is 32.7 Å². The minimum atomic E-state index is 0.549. The van der Waals surface area contributed by atoms with Crippen molar-refractivity contribution >= 4 is 39.4 Å². The van der Waals surface area contributed by atoms with Gasteiger partial charge in [0, 0.05) is 32.3 Å². The van der Waals surface area contributed by atoms with Crippen molar-refractivity contribution in [2.75, 3.05) is 21.3 Å². The third-order valence-electron chi connectivity index (χ3n) is 5.10. The molecule has 0 aliphatic heterocycles. The normalized spacial score (nSPS) is 11.4. The molecule has 0 N–H and O–H groups in total. The van der Waals surface area contributed by atoms with E-state index in [2.05, 4.69) is 18.2 Å². The van der Waals surface area contributed by atoms with Gasteiger partial charge in [0.05, 0.1) is 21.3 Å². The van der Waals surface area contributed by atoms with Crippen molar-refractivity contribution in [2.45, 2.75) is 0 Å². The minimum absolute atomic E-state index is 0.549. The van der Waals surface area contributed by atoms with Crippen LogP contribution in [0.25, 0.3) is 32.2 Å². The minimum Gasteiger partial charge on any atom is -0.497 e. The fraction of sp³-hybridized carbons (Fsp3) is 0.115. The lowest BCUT2D eigenvalue weighted by atomic mass is 10.0. The maximum absolute atomic E-state index is 11.9. The van der Waals surface area contributed by atoms with Crippen LogP contribution in [0, 0.1) is 0 Å². The summed E-state index contributed by atoms with van der Waals surface area (Å²) in [6, 6.07) is 21.7. The molecule has 0 saturated carbocycles. The Balaban J connectivity index is 1.85. The maximum atomic E-state index is 11.9. The Hall–Kier alpha value is -3.57. The fourth-order valence-corrected chi connectivity index (χ4v) is 4.56. The first-order valence-electron chi connectivity index (χ1n) is 9.73.